The highest BCUT2D eigenvalue weighted by molar-refractivity contribution is 9.10. The first kappa shape index (κ1) is 20.3. The highest BCUT2D eigenvalue weighted by atomic mass is 79.9. The Labute approximate surface area is 162 Å². The number of rotatable bonds is 7. The zero-order valence-corrected chi connectivity index (χ0v) is 16.4. The Kier molecular flexibility index (Phi) is 7.49. The van der Waals surface area contributed by atoms with Gasteiger partial charge in [-0.25, -0.2) is 0 Å². The van der Waals surface area contributed by atoms with E-state index in [0.29, 0.717) is 18.4 Å². The van der Waals surface area contributed by atoms with Gasteiger partial charge in [0.1, 0.15) is 11.5 Å². The molecular formula is C21H23BrO4. The van der Waals surface area contributed by atoms with Gasteiger partial charge in [-0.2, -0.15) is 0 Å². The van der Waals surface area contributed by atoms with Gasteiger partial charge in [-0.15, -0.1) is 5.73 Å². The lowest BCUT2D eigenvalue weighted by atomic mass is 10.0. The van der Waals surface area contributed by atoms with Crippen LogP contribution in [0.4, 0.5) is 0 Å². The lowest BCUT2D eigenvalue weighted by molar-refractivity contribution is 0.177. The Hall–Kier alpha value is -2.04. The summed E-state index contributed by atoms with van der Waals surface area (Å²) in [5.41, 5.74) is 5.25. The van der Waals surface area contributed by atoms with Gasteiger partial charge in [0.05, 0.1) is 19.3 Å². The first-order valence-electron chi connectivity index (χ1n) is 8.30. The topological polar surface area (TPSA) is 69.9 Å². The van der Waals surface area contributed by atoms with Gasteiger partial charge >= 0.3 is 0 Å². The van der Waals surface area contributed by atoms with Crippen LogP contribution in [0.1, 0.15) is 43.1 Å². The van der Waals surface area contributed by atoms with Crippen molar-refractivity contribution in [2.75, 3.05) is 7.11 Å². The monoisotopic (exact) mass is 418 g/mol. The van der Waals surface area contributed by atoms with Crippen molar-refractivity contribution in [2.24, 2.45) is 0 Å². The van der Waals surface area contributed by atoms with Gasteiger partial charge in [0.2, 0.25) is 0 Å². The van der Waals surface area contributed by atoms with E-state index in [0.717, 1.165) is 21.4 Å². The maximum Gasteiger partial charge on any atom is 0.121 e. The SMILES string of the molecule is COc1ccc([C@H](O)CC(C)=C=CC[C@@H](O)c2cc(Br)ccc2O)cc1. The third-order valence-corrected chi connectivity index (χ3v) is 4.53. The van der Waals surface area contributed by atoms with Crippen molar-refractivity contribution in [3.8, 4) is 11.5 Å². The summed E-state index contributed by atoms with van der Waals surface area (Å²) in [4.78, 5) is 0. The average molecular weight is 419 g/mol. The predicted octanol–water partition coefficient (Wildman–Crippen LogP) is 4.81. The molecule has 3 N–H and O–H groups in total. The van der Waals surface area contributed by atoms with Crippen molar-refractivity contribution in [1.29, 1.82) is 0 Å². The molecule has 0 unspecified atom stereocenters. The molecule has 0 saturated heterocycles. The summed E-state index contributed by atoms with van der Waals surface area (Å²) in [5.74, 6) is 0.808. The molecule has 2 aromatic carbocycles. The molecule has 2 rings (SSSR count). The second kappa shape index (κ2) is 9.60. The molecule has 0 heterocycles. The van der Waals surface area contributed by atoms with Gasteiger partial charge in [0.15, 0.2) is 0 Å². The third kappa shape index (κ3) is 5.75. The summed E-state index contributed by atoms with van der Waals surface area (Å²) in [7, 11) is 1.60. The van der Waals surface area contributed by atoms with Crippen LogP contribution >= 0.6 is 15.9 Å². The predicted molar refractivity (Wildman–Crippen MR) is 105 cm³/mol. The maximum absolute atomic E-state index is 10.3. The Morgan fingerprint density at radius 3 is 2.50 bits per heavy atom. The number of hydrogen-bond donors (Lipinski definition) is 3. The smallest absolute Gasteiger partial charge is 0.121 e. The minimum Gasteiger partial charge on any atom is -0.508 e. The number of aliphatic hydroxyl groups excluding tert-OH is 2. The van der Waals surface area contributed by atoms with Gasteiger partial charge in [0, 0.05) is 22.9 Å². The lowest BCUT2D eigenvalue weighted by Gasteiger charge is -2.11. The maximum atomic E-state index is 10.3. The number of methoxy groups -OCH3 is 1. The number of ether oxygens (including phenoxy) is 1. The molecule has 4 nitrogen and oxygen atoms in total. The number of phenols is 1. The standard InChI is InChI=1S/C21H23BrO4/c1-14(12-21(25)15-6-9-17(26-2)10-7-15)4-3-5-19(23)18-13-16(22)8-11-20(18)24/h3,6-11,13,19,21,23-25H,5,12H2,1-2H3/t4?,19-,21-/m1/s1. The van der Waals surface area contributed by atoms with Crippen molar-refractivity contribution >= 4 is 15.9 Å². The van der Waals surface area contributed by atoms with Gasteiger partial charge in [-0.3, -0.25) is 0 Å². The molecule has 0 amide bonds. The van der Waals surface area contributed by atoms with Crippen molar-refractivity contribution < 1.29 is 20.1 Å². The molecule has 0 saturated carbocycles. The van der Waals surface area contributed by atoms with E-state index in [9.17, 15) is 15.3 Å². The summed E-state index contributed by atoms with van der Waals surface area (Å²) in [6.45, 7) is 1.88. The molecule has 0 aromatic heterocycles. The van der Waals surface area contributed by atoms with E-state index < -0.39 is 12.2 Å². The fourth-order valence-corrected chi connectivity index (χ4v) is 2.94. The van der Waals surface area contributed by atoms with Crippen molar-refractivity contribution in [3.05, 3.63) is 75.4 Å². The first-order chi connectivity index (χ1) is 12.4. The van der Waals surface area contributed by atoms with Crippen LogP contribution in [-0.4, -0.2) is 22.4 Å². The Balaban J connectivity index is 1.98. The molecule has 0 aliphatic carbocycles. The summed E-state index contributed by atoms with van der Waals surface area (Å²) >= 11 is 3.33. The first-order valence-corrected chi connectivity index (χ1v) is 9.09. The van der Waals surface area contributed by atoms with E-state index >= 15 is 0 Å². The van der Waals surface area contributed by atoms with Crippen LogP contribution in [0.2, 0.25) is 0 Å². The van der Waals surface area contributed by atoms with Crippen molar-refractivity contribution in [3.63, 3.8) is 0 Å². The van der Waals surface area contributed by atoms with Crippen LogP contribution in [-0.2, 0) is 0 Å². The molecule has 26 heavy (non-hydrogen) atoms. The number of benzene rings is 2. The van der Waals surface area contributed by atoms with Crippen molar-refractivity contribution in [1.82, 2.24) is 0 Å². The van der Waals surface area contributed by atoms with E-state index in [4.69, 9.17) is 4.74 Å². The highest BCUT2D eigenvalue weighted by Crippen LogP contribution is 2.29. The van der Waals surface area contributed by atoms with Crippen LogP contribution in [0.3, 0.4) is 0 Å². The number of halogens is 1. The molecule has 2 atom stereocenters. The van der Waals surface area contributed by atoms with Crippen LogP contribution in [0.25, 0.3) is 0 Å². The number of aromatic hydroxyl groups is 1. The van der Waals surface area contributed by atoms with E-state index in [1.807, 2.05) is 31.2 Å². The molecule has 2 aromatic rings. The van der Waals surface area contributed by atoms with Crippen LogP contribution in [0, 0.1) is 0 Å². The average Bonchev–Trinajstić information content (AvgIpc) is 2.63. The molecule has 0 fully saturated rings. The zero-order valence-electron chi connectivity index (χ0n) is 14.8. The van der Waals surface area contributed by atoms with Crippen molar-refractivity contribution in [2.45, 2.75) is 32.0 Å². The van der Waals surface area contributed by atoms with E-state index in [1.54, 1.807) is 31.4 Å². The Morgan fingerprint density at radius 1 is 1.15 bits per heavy atom. The lowest BCUT2D eigenvalue weighted by Crippen LogP contribution is -1.98. The molecule has 0 aliphatic rings. The fraction of sp³-hybridized carbons (Fsp3) is 0.286. The van der Waals surface area contributed by atoms with E-state index in [-0.39, 0.29) is 5.75 Å². The largest absolute Gasteiger partial charge is 0.508 e. The Morgan fingerprint density at radius 2 is 1.85 bits per heavy atom. The fourth-order valence-electron chi connectivity index (χ4n) is 2.56. The third-order valence-electron chi connectivity index (χ3n) is 4.04. The summed E-state index contributed by atoms with van der Waals surface area (Å²) in [6.07, 6.45) is 1.04. The minimum atomic E-state index is -0.820. The number of phenolic OH excluding ortho intramolecular Hbond substituents is 1. The van der Waals surface area contributed by atoms with E-state index in [1.165, 1.54) is 0 Å². The van der Waals surface area contributed by atoms with Gasteiger partial charge in [0.25, 0.3) is 0 Å². The second-order valence-electron chi connectivity index (χ2n) is 6.08. The van der Waals surface area contributed by atoms with Crippen LogP contribution in [0.15, 0.2) is 64.3 Å². The van der Waals surface area contributed by atoms with E-state index in [2.05, 4.69) is 21.7 Å². The minimum absolute atomic E-state index is 0.0599. The Bertz CT molecular complexity index is 792. The molecular weight excluding hydrogens is 396 g/mol. The quantitative estimate of drug-likeness (QED) is 0.564. The van der Waals surface area contributed by atoms with Gasteiger partial charge in [-0.05, 0) is 54.5 Å². The molecule has 0 aliphatic heterocycles. The zero-order chi connectivity index (χ0) is 19.1. The summed E-state index contributed by atoms with van der Waals surface area (Å²) in [6, 6.07) is 12.2. The molecule has 138 valence electrons. The van der Waals surface area contributed by atoms with Crippen LogP contribution in [0.5, 0.6) is 11.5 Å². The van der Waals surface area contributed by atoms with Gasteiger partial charge in [-0.1, -0.05) is 28.1 Å². The second-order valence-corrected chi connectivity index (χ2v) is 6.99. The van der Waals surface area contributed by atoms with Crippen LogP contribution < -0.4 is 4.74 Å². The highest BCUT2D eigenvalue weighted by Gasteiger charge is 2.11. The molecule has 0 radical (unpaired) electrons. The normalized spacial score (nSPS) is 12.8. The molecule has 0 spiro atoms. The number of aliphatic hydroxyl groups is 2. The number of hydrogen-bond acceptors (Lipinski definition) is 4. The molecule has 0 bridgehead atoms. The summed E-state index contributed by atoms with van der Waals surface area (Å²) < 4.78 is 5.90. The molecule has 5 heteroatoms. The van der Waals surface area contributed by atoms with Gasteiger partial charge < -0.3 is 20.1 Å². The summed E-state index contributed by atoms with van der Waals surface area (Å²) in [5, 5.41) is 30.4.